The first-order valence-corrected chi connectivity index (χ1v) is 10.00. The minimum atomic E-state index is -0.683. The van der Waals surface area contributed by atoms with Gasteiger partial charge in [-0.05, 0) is 44.7 Å². The van der Waals surface area contributed by atoms with E-state index in [0.29, 0.717) is 22.8 Å². The predicted octanol–water partition coefficient (Wildman–Crippen LogP) is 4.54. The third-order valence-electron chi connectivity index (χ3n) is 4.60. The molecule has 1 saturated heterocycles. The van der Waals surface area contributed by atoms with Crippen LogP contribution in [0.1, 0.15) is 52.1 Å². The molecule has 1 aromatic rings. The Morgan fingerprint density at radius 3 is 2.52 bits per heavy atom. The fraction of sp³-hybridized carbons (Fsp3) is 0.600. The first kappa shape index (κ1) is 23.6. The predicted molar refractivity (Wildman–Crippen MR) is 111 cm³/mol. The zero-order chi connectivity index (χ0) is 22.0. The fourth-order valence-corrected chi connectivity index (χ4v) is 4.04. The summed E-state index contributed by atoms with van der Waals surface area (Å²) in [6.07, 6.45) is 0.0535. The summed E-state index contributed by atoms with van der Waals surface area (Å²) in [6.45, 7) is 7.56. The molecule has 9 heteroatoms. The zero-order valence-corrected chi connectivity index (χ0v) is 18.9. The van der Waals surface area contributed by atoms with Gasteiger partial charge in [0.1, 0.15) is 11.4 Å². The molecule has 0 radical (unpaired) electrons. The third-order valence-corrected chi connectivity index (χ3v) is 5.42. The van der Waals surface area contributed by atoms with Crippen molar-refractivity contribution >= 4 is 35.2 Å². The van der Waals surface area contributed by atoms with E-state index >= 15 is 0 Å². The second kappa shape index (κ2) is 8.98. The molecule has 7 nitrogen and oxygen atoms in total. The Morgan fingerprint density at radius 2 is 1.97 bits per heavy atom. The number of carbonyl (C=O) groups excluding carboxylic acids is 2. The molecule has 2 atom stereocenters. The number of benzene rings is 1. The smallest absolute Gasteiger partial charge is 0.410 e. The lowest BCUT2D eigenvalue weighted by Crippen LogP contribution is -2.38. The highest BCUT2D eigenvalue weighted by atomic mass is 35.5. The molecule has 1 aromatic carbocycles. The maximum absolute atomic E-state index is 13.0. The minimum Gasteiger partial charge on any atom is -0.467 e. The number of ether oxygens (including phenoxy) is 3. The van der Waals surface area contributed by atoms with Gasteiger partial charge in [0.05, 0.1) is 16.1 Å². The normalized spacial score (nSPS) is 21.9. The first-order valence-electron chi connectivity index (χ1n) is 9.24. The first-order chi connectivity index (χ1) is 13.4. The Bertz CT molecular complexity index is 781. The van der Waals surface area contributed by atoms with Crippen molar-refractivity contribution in [2.24, 2.45) is 11.1 Å². The molecular weight excluding hydrogens is 419 g/mol. The quantitative estimate of drug-likeness (QED) is 0.647. The number of primary amides is 1. The molecule has 0 aliphatic carbocycles. The van der Waals surface area contributed by atoms with E-state index in [1.54, 1.807) is 37.8 Å². The number of halogens is 2. The van der Waals surface area contributed by atoms with Gasteiger partial charge in [0.25, 0.3) is 0 Å². The zero-order valence-electron chi connectivity index (χ0n) is 17.4. The summed E-state index contributed by atoms with van der Waals surface area (Å²) in [5.41, 5.74) is 4.78. The average Bonchev–Trinajstić information content (AvgIpc) is 2.90. The Hall–Kier alpha value is -1.70. The van der Waals surface area contributed by atoms with Gasteiger partial charge in [-0.2, -0.15) is 0 Å². The van der Waals surface area contributed by atoms with Crippen LogP contribution in [0.25, 0.3) is 0 Å². The van der Waals surface area contributed by atoms with Crippen molar-refractivity contribution in [3.05, 3.63) is 27.7 Å². The summed E-state index contributed by atoms with van der Waals surface area (Å²) in [7, 11) is 1.50. The van der Waals surface area contributed by atoms with Crippen LogP contribution in [0.2, 0.25) is 10.0 Å². The van der Waals surface area contributed by atoms with Gasteiger partial charge in [-0.15, -0.1) is 0 Å². The summed E-state index contributed by atoms with van der Waals surface area (Å²) < 4.78 is 16.3. The van der Waals surface area contributed by atoms with Crippen molar-refractivity contribution in [1.82, 2.24) is 4.90 Å². The summed E-state index contributed by atoms with van der Waals surface area (Å²) in [6, 6.07) is 2.79. The third kappa shape index (κ3) is 5.90. The lowest BCUT2D eigenvalue weighted by molar-refractivity contribution is -0.120. The van der Waals surface area contributed by atoms with Gasteiger partial charge in [-0.1, -0.05) is 30.1 Å². The van der Waals surface area contributed by atoms with E-state index in [0.717, 1.165) is 0 Å². The number of methoxy groups -OCH3 is 1. The standard InChI is InChI=1S/C20H28Cl2N2O5/c1-19(2,3)29-18(26)24-10-20(4,9-15(23)25)8-13(24)16-14(28-11-27-5)7-6-12(21)17(16)22/h6-7,13H,8-11H2,1-5H3,(H2,23,25)/t13-,20?/m1/s1. The van der Waals surface area contributed by atoms with Crippen LogP contribution in [0.4, 0.5) is 4.79 Å². The van der Waals surface area contributed by atoms with E-state index in [-0.39, 0.29) is 24.8 Å². The molecule has 2 rings (SSSR count). The highest BCUT2D eigenvalue weighted by Crippen LogP contribution is 2.50. The second-order valence-electron chi connectivity index (χ2n) is 8.61. The molecule has 1 aliphatic heterocycles. The second-order valence-corrected chi connectivity index (χ2v) is 9.39. The fourth-order valence-electron chi connectivity index (χ4n) is 3.59. The number of rotatable bonds is 6. The van der Waals surface area contributed by atoms with Crippen LogP contribution in [-0.4, -0.2) is 42.9 Å². The molecule has 2 amide bonds. The van der Waals surface area contributed by atoms with E-state index in [9.17, 15) is 9.59 Å². The highest BCUT2D eigenvalue weighted by molar-refractivity contribution is 6.42. The average molecular weight is 447 g/mol. The molecular formula is C20H28Cl2N2O5. The van der Waals surface area contributed by atoms with E-state index in [1.165, 1.54) is 7.11 Å². The molecule has 1 unspecified atom stereocenters. The van der Waals surface area contributed by atoms with Crippen LogP contribution in [-0.2, 0) is 14.3 Å². The molecule has 0 spiro atoms. The maximum Gasteiger partial charge on any atom is 0.410 e. The number of carbonyl (C=O) groups is 2. The van der Waals surface area contributed by atoms with Crippen molar-refractivity contribution in [1.29, 1.82) is 0 Å². The summed E-state index contributed by atoms with van der Waals surface area (Å²) >= 11 is 12.8. The van der Waals surface area contributed by atoms with Gasteiger partial charge < -0.3 is 24.8 Å². The Morgan fingerprint density at radius 1 is 1.31 bits per heavy atom. The lowest BCUT2D eigenvalue weighted by Gasteiger charge is -2.30. The van der Waals surface area contributed by atoms with Crippen molar-refractivity contribution in [2.75, 3.05) is 20.4 Å². The summed E-state index contributed by atoms with van der Waals surface area (Å²) in [5, 5.41) is 0.612. The molecule has 1 fully saturated rings. The molecule has 0 saturated carbocycles. The molecule has 162 valence electrons. The van der Waals surface area contributed by atoms with Crippen LogP contribution < -0.4 is 10.5 Å². The number of hydrogen-bond acceptors (Lipinski definition) is 5. The van der Waals surface area contributed by atoms with Crippen LogP contribution in [0, 0.1) is 5.41 Å². The van der Waals surface area contributed by atoms with Crippen LogP contribution in [0.3, 0.4) is 0 Å². The van der Waals surface area contributed by atoms with Gasteiger partial charge >= 0.3 is 6.09 Å². The number of nitrogens with two attached hydrogens (primary N) is 1. The van der Waals surface area contributed by atoms with Crippen LogP contribution in [0.15, 0.2) is 12.1 Å². The summed E-state index contributed by atoms with van der Waals surface area (Å²) in [4.78, 5) is 26.2. The SMILES string of the molecule is COCOc1ccc(Cl)c(Cl)c1[C@H]1CC(C)(CC(N)=O)CN1C(=O)OC(C)(C)C. The molecule has 0 bridgehead atoms. The molecule has 1 aliphatic rings. The van der Waals surface area contributed by atoms with Crippen molar-refractivity contribution < 1.29 is 23.8 Å². The number of hydrogen-bond donors (Lipinski definition) is 1. The Labute approximate surface area is 181 Å². The van der Waals surface area contributed by atoms with Gasteiger partial charge in [0, 0.05) is 25.6 Å². The van der Waals surface area contributed by atoms with Crippen molar-refractivity contribution in [3.8, 4) is 5.75 Å². The molecule has 1 heterocycles. The Balaban J connectivity index is 2.52. The van der Waals surface area contributed by atoms with Crippen molar-refractivity contribution in [3.63, 3.8) is 0 Å². The monoisotopic (exact) mass is 446 g/mol. The number of nitrogens with zero attached hydrogens (tertiary/aromatic N) is 1. The topological polar surface area (TPSA) is 91.1 Å². The van der Waals surface area contributed by atoms with Crippen molar-refractivity contribution in [2.45, 2.75) is 52.2 Å². The molecule has 29 heavy (non-hydrogen) atoms. The van der Waals surface area contributed by atoms with E-state index in [1.807, 2.05) is 6.92 Å². The highest BCUT2D eigenvalue weighted by Gasteiger charge is 2.47. The number of likely N-dealkylation sites (tertiary alicyclic amines) is 1. The van der Waals surface area contributed by atoms with Crippen LogP contribution in [0.5, 0.6) is 5.75 Å². The molecule has 0 aromatic heterocycles. The summed E-state index contributed by atoms with van der Waals surface area (Å²) in [5.74, 6) is 0.00784. The van der Waals surface area contributed by atoms with E-state index in [2.05, 4.69) is 0 Å². The van der Waals surface area contributed by atoms with Crippen LogP contribution >= 0.6 is 23.2 Å². The van der Waals surface area contributed by atoms with Gasteiger partial charge in [-0.3, -0.25) is 4.79 Å². The van der Waals surface area contributed by atoms with E-state index < -0.39 is 29.1 Å². The van der Waals surface area contributed by atoms with Gasteiger partial charge in [0.15, 0.2) is 6.79 Å². The minimum absolute atomic E-state index is 0.00265. The lowest BCUT2D eigenvalue weighted by atomic mass is 9.83. The maximum atomic E-state index is 13.0. The largest absolute Gasteiger partial charge is 0.467 e. The van der Waals surface area contributed by atoms with Gasteiger partial charge in [-0.25, -0.2) is 4.79 Å². The van der Waals surface area contributed by atoms with E-state index in [4.69, 9.17) is 43.1 Å². The van der Waals surface area contributed by atoms with Gasteiger partial charge in [0.2, 0.25) is 5.91 Å². The molecule has 2 N–H and O–H groups in total. The number of amides is 2. The Kier molecular flexibility index (Phi) is 7.30.